The van der Waals surface area contributed by atoms with Crippen molar-refractivity contribution in [3.05, 3.63) is 138 Å². The Morgan fingerprint density at radius 3 is 2.03 bits per heavy atom. The number of rotatable bonds is 9. The molecule has 0 radical (unpaired) electrons. The number of aryl methyl sites for hydroxylation is 1. The number of amides is 1. The van der Waals surface area contributed by atoms with Gasteiger partial charge in [0.2, 0.25) is 0 Å². The van der Waals surface area contributed by atoms with Gasteiger partial charge in [-0.05, 0) is 42.3 Å². The Morgan fingerprint density at radius 1 is 0.778 bits per heavy atom. The van der Waals surface area contributed by atoms with Crippen molar-refractivity contribution in [1.29, 1.82) is 0 Å². The zero-order valence-corrected chi connectivity index (χ0v) is 20.7. The fourth-order valence-electron chi connectivity index (χ4n) is 3.68. The Morgan fingerprint density at radius 2 is 1.36 bits per heavy atom. The zero-order chi connectivity index (χ0) is 25.5. The van der Waals surface area contributed by atoms with Gasteiger partial charge in [-0.1, -0.05) is 97.1 Å². The Balaban J connectivity index is 1.69. The van der Waals surface area contributed by atoms with Crippen LogP contribution in [0.4, 0.5) is 5.69 Å². The Kier molecular flexibility index (Phi) is 7.51. The molecule has 0 unspecified atom stereocenters. The number of hydrogen-bond acceptors (Lipinski definition) is 4. The smallest absolute Gasteiger partial charge is 0.271 e. The van der Waals surface area contributed by atoms with E-state index in [4.69, 9.17) is 0 Å². The summed E-state index contributed by atoms with van der Waals surface area (Å²) in [5.41, 5.74) is 9.02. The number of nitrogens with one attached hydrogen (secondary N) is 2. The van der Waals surface area contributed by atoms with Gasteiger partial charge in [0.25, 0.3) is 15.9 Å². The molecule has 0 saturated heterocycles. The van der Waals surface area contributed by atoms with Crippen LogP contribution in [0.15, 0.2) is 121 Å². The van der Waals surface area contributed by atoms with Gasteiger partial charge in [-0.2, -0.15) is 0 Å². The molecule has 0 bridgehead atoms. The van der Waals surface area contributed by atoms with E-state index >= 15 is 0 Å². The van der Waals surface area contributed by atoms with E-state index in [-0.39, 0.29) is 22.7 Å². The third-order valence-electron chi connectivity index (χ3n) is 5.64. The first kappa shape index (κ1) is 24.8. The van der Waals surface area contributed by atoms with Gasteiger partial charge in [0.15, 0.2) is 0 Å². The second kappa shape index (κ2) is 10.9. The van der Waals surface area contributed by atoms with Crippen LogP contribution in [0.3, 0.4) is 0 Å². The Bertz CT molecular complexity index is 1450. The minimum absolute atomic E-state index is 0.0610. The molecule has 1 amide bonds. The van der Waals surface area contributed by atoms with Crippen molar-refractivity contribution < 1.29 is 13.2 Å². The molecule has 182 valence electrons. The fraction of sp³-hybridized carbons (Fsp3) is 0.0690. The average Bonchev–Trinajstić information content (AvgIpc) is 2.91. The second-order valence-electron chi connectivity index (χ2n) is 8.25. The molecule has 0 saturated carbocycles. The van der Waals surface area contributed by atoms with Crippen LogP contribution >= 0.6 is 0 Å². The van der Waals surface area contributed by atoms with Crippen molar-refractivity contribution in [3.63, 3.8) is 0 Å². The van der Waals surface area contributed by atoms with E-state index in [1.54, 1.807) is 48.5 Å². The number of sulfonamides is 1. The van der Waals surface area contributed by atoms with Crippen molar-refractivity contribution in [2.75, 3.05) is 4.31 Å². The van der Waals surface area contributed by atoms with Gasteiger partial charge in [0.05, 0.1) is 28.4 Å². The first-order chi connectivity index (χ1) is 17.4. The maximum atomic E-state index is 13.8. The third-order valence-corrected chi connectivity index (χ3v) is 7.42. The number of hydrazine groups is 1. The quantitative estimate of drug-likeness (QED) is 0.308. The summed E-state index contributed by atoms with van der Waals surface area (Å²) in [6.45, 7) is 5.92. The number of carbonyl (C=O) groups excluding carboxylic acids is 1. The summed E-state index contributed by atoms with van der Waals surface area (Å²) in [6, 6.07) is 32.0. The molecule has 36 heavy (non-hydrogen) atoms. The zero-order valence-electron chi connectivity index (χ0n) is 19.9. The lowest BCUT2D eigenvalue weighted by molar-refractivity contribution is 0.0943. The van der Waals surface area contributed by atoms with Gasteiger partial charge in [-0.25, -0.2) is 8.42 Å². The van der Waals surface area contributed by atoms with Crippen LogP contribution in [0, 0.1) is 6.92 Å². The summed E-state index contributed by atoms with van der Waals surface area (Å²) >= 11 is 0. The number of para-hydroxylation sites is 1. The average molecular weight is 498 g/mol. The van der Waals surface area contributed by atoms with Crippen LogP contribution in [0.25, 0.3) is 5.70 Å². The molecule has 7 heteroatoms. The van der Waals surface area contributed by atoms with E-state index in [1.165, 1.54) is 4.31 Å². The summed E-state index contributed by atoms with van der Waals surface area (Å²) in [6.07, 6.45) is 0. The highest BCUT2D eigenvalue weighted by atomic mass is 32.2. The molecule has 0 aliphatic heterocycles. The number of carbonyl (C=O) groups is 1. The molecule has 0 heterocycles. The van der Waals surface area contributed by atoms with E-state index in [0.717, 1.165) is 16.7 Å². The summed E-state index contributed by atoms with van der Waals surface area (Å²) in [7, 11) is -3.98. The van der Waals surface area contributed by atoms with Gasteiger partial charge >= 0.3 is 0 Å². The highest BCUT2D eigenvalue weighted by molar-refractivity contribution is 7.92. The van der Waals surface area contributed by atoms with Gasteiger partial charge in [-0.15, -0.1) is 0 Å². The van der Waals surface area contributed by atoms with Crippen molar-refractivity contribution >= 4 is 27.3 Å². The molecule has 0 atom stereocenters. The van der Waals surface area contributed by atoms with Crippen molar-refractivity contribution in [1.82, 2.24) is 10.9 Å². The van der Waals surface area contributed by atoms with E-state index in [1.807, 2.05) is 67.6 Å². The van der Waals surface area contributed by atoms with Crippen LogP contribution in [0.2, 0.25) is 0 Å². The summed E-state index contributed by atoms with van der Waals surface area (Å²) in [4.78, 5) is 13.4. The number of nitrogens with zero attached hydrogens (tertiary/aromatic N) is 1. The van der Waals surface area contributed by atoms with E-state index in [0.29, 0.717) is 5.70 Å². The highest BCUT2D eigenvalue weighted by Gasteiger charge is 2.28. The predicted molar refractivity (Wildman–Crippen MR) is 144 cm³/mol. The lowest BCUT2D eigenvalue weighted by atomic mass is 10.1. The molecule has 0 aliphatic carbocycles. The minimum atomic E-state index is -3.98. The van der Waals surface area contributed by atoms with Crippen LogP contribution in [0.5, 0.6) is 0 Å². The van der Waals surface area contributed by atoms with Crippen LogP contribution in [-0.2, 0) is 16.6 Å². The van der Waals surface area contributed by atoms with Crippen molar-refractivity contribution in [3.8, 4) is 0 Å². The maximum absolute atomic E-state index is 13.8. The molecular weight excluding hydrogens is 470 g/mol. The van der Waals surface area contributed by atoms with Crippen molar-refractivity contribution in [2.45, 2.75) is 18.4 Å². The van der Waals surface area contributed by atoms with Crippen LogP contribution < -0.4 is 15.2 Å². The molecule has 2 N–H and O–H groups in total. The normalized spacial score (nSPS) is 10.9. The second-order valence-corrected chi connectivity index (χ2v) is 10.1. The largest absolute Gasteiger partial charge is 0.298 e. The van der Waals surface area contributed by atoms with Gasteiger partial charge in [0.1, 0.15) is 0 Å². The molecule has 0 fully saturated rings. The van der Waals surface area contributed by atoms with Gasteiger partial charge in [-0.3, -0.25) is 20.0 Å². The predicted octanol–water partition coefficient (Wildman–Crippen LogP) is 5.30. The molecule has 0 aromatic heterocycles. The van der Waals surface area contributed by atoms with Crippen LogP contribution in [-0.4, -0.2) is 14.3 Å². The first-order valence-electron chi connectivity index (χ1n) is 11.4. The van der Waals surface area contributed by atoms with Crippen LogP contribution in [0.1, 0.15) is 27.0 Å². The SMILES string of the molecule is C=C(NNC(=O)c1ccccc1N(Cc1ccccc1)S(=O)(=O)c1ccc(C)cc1)c1ccccc1. The summed E-state index contributed by atoms with van der Waals surface area (Å²) < 4.78 is 28.9. The maximum Gasteiger partial charge on any atom is 0.271 e. The number of anilines is 1. The molecule has 4 aromatic carbocycles. The monoisotopic (exact) mass is 497 g/mol. The van der Waals surface area contributed by atoms with E-state index in [2.05, 4.69) is 17.4 Å². The van der Waals surface area contributed by atoms with Crippen molar-refractivity contribution in [2.24, 2.45) is 0 Å². The Hall–Kier alpha value is -4.36. The molecule has 0 aliphatic rings. The lowest BCUT2D eigenvalue weighted by Gasteiger charge is -2.27. The van der Waals surface area contributed by atoms with Gasteiger partial charge in [0, 0.05) is 0 Å². The summed E-state index contributed by atoms with van der Waals surface area (Å²) in [5, 5.41) is 0. The fourth-order valence-corrected chi connectivity index (χ4v) is 5.15. The topological polar surface area (TPSA) is 78.5 Å². The Labute approximate surface area is 211 Å². The molecule has 0 spiro atoms. The van der Waals surface area contributed by atoms with Gasteiger partial charge < -0.3 is 0 Å². The number of benzene rings is 4. The summed E-state index contributed by atoms with van der Waals surface area (Å²) in [5.74, 6) is -0.486. The first-order valence-corrected chi connectivity index (χ1v) is 12.8. The number of hydrogen-bond donors (Lipinski definition) is 2. The van der Waals surface area contributed by atoms with E-state index in [9.17, 15) is 13.2 Å². The highest BCUT2D eigenvalue weighted by Crippen LogP contribution is 2.29. The molecule has 4 aromatic rings. The molecular formula is C29H27N3O3S. The van der Waals surface area contributed by atoms with E-state index < -0.39 is 15.9 Å². The minimum Gasteiger partial charge on any atom is -0.298 e. The molecule has 6 nitrogen and oxygen atoms in total. The molecule has 4 rings (SSSR count). The standard InChI is InChI=1S/C29H27N3O3S/c1-22-17-19-26(20-18-22)36(34,35)32(21-24-11-5-3-6-12-24)28-16-10-9-15-27(28)29(33)31-30-23(2)25-13-7-4-8-14-25/h3-20,30H,2,21H2,1H3,(H,31,33). The third kappa shape index (κ3) is 5.64. The lowest BCUT2D eigenvalue weighted by Crippen LogP contribution is -2.38.